The minimum Gasteiger partial charge on any atom is -0.444 e. The van der Waals surface area contributed by atoms with Crippen molar-refractivity contribution in [2.45, 2.75) is 26.4 Å². The molecule has 2 aromatic carbocycles. The van der Waals surface area contributed by atoms with E-state index in [9.17, 15) is 9.59 Å². The standard InChI is InChI=1S/C22H27BrN4O3/c1-22(2,3)30-21(29)27-12-10-26(11-13-27)20(28)15-4-7-17(8-5-15)25-19-9-6-16(23)14-18(19)24/h4-9,14,25H,10-13,24H2,1-3H3. The summed E-state index contributed by atoms with van der Waals surface area (Å²) in [6, 6.07) is 12.9. The third kappa shape index (κ3) is 5.66. The highest BCUT2D eigenvalue weighted by Crippen LogP contribution is 2.26. The Hall–Kier alpha value is -2.74. The third-order valence-electron chi connectivity index (χ3n) is 4.64. The second-order valence-electron chi connectivity index (χ2n) is 8.19. The topological polar surface area (TPSA) is 87.9 Å². The summed E-state index contributed by atoms with van der Waals surface area (Å²) in [5.74, 6) is -0.0476. The Bertz CT molecular complexity index is 917. The molecule has 1 aliphatic heterocycles. The summed E-state index contributed by atoms with van der Waals surface area (Å²) in [5, 5.41) is 3.25. The summed E-state index contributed by atoms with van der Waals surface area (Å²) in [4.78, 5) is 28.4. The zero-order valence-corrected chi connectivity index (χ0v) is 19.0. The average molecular weight is 475 g/mol. The number of nitrogens with two attached hydrogens (primary N) is 1. The lowest BCUT2D eigenvalue weighted by Gasteiger charge is -2.35. The number of amides is 2. The highest BCUT2D eigenvalue weighted by molar-refractivity contribution is 9.10. The van der Waals surface area contributed by atoms with Gasteiger partial charge < -0.3 is 25.6 Å². The zero-order valence-electron chi connectivity index (χ0n) is 17.4. The van der Waals surface area contributed by atoms with Crippen LogP contribution in [0.25, 0.3) is 0 Å². The molecule has 1 heterocycles. The zero-order chi connectivity index (χ0) is 21.9. The largest absolute Gasteiger partial charge is 0.444 e. The summed E-state index contributed by atoms with van der Waals surface area (Å²) >= 11 is 3.39. The van der Waals surface area contributed by atoms with Crippen LogP contribution in [0, 0.1) is 0 Å². The molecule has 0 unspecified atom stereocenters. The van der Waals surface area contributed by atoms with Crippen LogP contribution < -0.4 is 11.1 Å². The lowest BCUT2D eigenvalue weighted by atomic mass is 10.1. The summed E-state index contributed by atoms with van der Waals surface area (Å²) in [6.07, 6.45) is -0.336. The average Bonchev–Trinajstić information content (AvgIpc) is 2.69. The highest BCUT2D eigenvalue weighted by Gasteiger charge is 2.28. The number of nitrogens with one attached hydrogen (secondary N) is 1. The molecule has 2 aromatic rings. The van der Waals surface area contributed by atoms with Gasteiger partial charge in [0.05, 0.1) is 11.4 Å². The number of nitrogen functional groups attached to an aromatic ring is 1. The van der Waals surface area contributed by atoms with Gasteiger partial charge in [0, 0.05) is 41.9 Å². The van der Waals surface area contributed by atoms with Gasteiger partial charge in [-0.2, -0.15) is 0 Å². The van der Waals surface area contributed by atoms with Gasteiger partial charge in [-0.25, -0.2) is 4.79 Å². The Morgan fingerprint density at radius 2 is 1.60 bits per heavy atom. The second kappa shape index (κ2) is 8.95. The van der Waals surface area contributed by atoms with Crippen molar-refractivity contribution in [1.29, 1.82) is 0 Å². The van der Waals surface area contributed by atoms with Crippen molar-refractivity contribution in [1.82, 2.24) is 9.80 Å². The lowest BCUT2D eigenvalue weighted by molar-refractivity contribution is 0.0141. The fourth-order valence-corrected chi connectivity index (χ4v) is 3.48. The number of hydrogen-bond acceptors (Lipinski definition) is 5. The molecule has 30 heavy (non-hydrogen) atoms. The van der Waals surface area contributed by atoms with E-state index in [0.717, 1.165) is 15.8 Å². The number of hydrogen-bond donors (Lipinski definition) is 2. The van der Waals surface area contributed by atoms with Gasteiger partial charge in [0.1, 0.15) is 5.60 Å². The number of anilines is 3. The van der Waals surface area contributed by atoms with E-state index in [0.29, 0.717) is 37.4 Å². The summed E-state index contributed by atoms with van der Waals surface area (Å²) in [5.41, 5.74) is 8.38. The van der Waals surface area contributed by atoms with Crippen molar-refractivity contribution in [3.63, 3.8) is 0 Å². The Labute approximate surface area is 185 Å². The van der Waals surface area contributed by atoms with Crippen LogP contribution in [0.2, 0.25) is 0 Å². The quantitative estimate of drug-likeness (QED) is 0.640. The van der Waals surface area contributed by atoms with Crippen molar-refractivity contribution >= 4 is 45.0 Å². The van der Waals surface area contributed by atoms with Crippen molar-refractivity contribution in [2.75, 3.05) is 37.2 Å². The van der Waals surface area contributed by atoms with E-state index in [-0.39, 0.29) is 12.0 Å². The fraction of sp³-hybridized carbons (Fsp3) is 0.364. The highest BCUT2D eigenvalue weighted by atomic mass is 79.9. The van der Waals surface area contributed by atoms with Crippen molar-refractivity contribution in [3.8, 4) is 0 Å². The third-order valence-corrected chi connectivity index (χ3v) is 5.14. The monoisotopic (exact) mass is 474 g/mol. The second-order valence-corrected chi connectivity index (χ2v) is 9.11. The van der Waals surface area contributed by atoms with E-state index in [2.05, 4.69) is 21.2 Å². The molecule has 3 N–H and O–H groups in total. The van der Waals surface area contributed by atoms with Gasteiger partial charge in [0.25, 0.3) is 5.91 Å². The van der Waals surface area contributed by atoms with Crippen molar-refractivity contribution < 1.29 is 14.3 Å². The number of benzene rings is 2. The van der Waals surface area contributed by atoms with Crippen LogP contribution in [0.4, 0.5) is 21.9 Å². The maximum Gasteiger partial charge on any atom is 0.410 e. The number of rotatable bonds is 3. The minimum absolute atomic E-state index is 0.0476. The van der Waals surface area contributed by atoms with Crippen LogP contribution in [0.5, 0.6) is 0 Å². The molecule has 0 atom stereocenters. The molecule has 0 aromatic heterocycles. The van der Waals surface area contributed by atoms with E-state index < -0.39 is 5.60 Å². The minimum atomic E-state index is -0.527. The number of ether oxygens (including phenoxy) is 1. The molecule has 7 nitrogen and oxygen atoms in total. The Balaban J connectivity index is 1.57. The first-order valence-electron chi connectivity index (χ1n) is 9.82. The molecule has 1 aliphatic rings. The van der Waals surface area contributed by atoms with Crippen molar-refractivity contribution in [3.05, 3.63) is 52.5 Å². The first-order chi connectivity index (χ1) is 14.1. The number of piperazine rings is 1. The molecular weight excluding hydrogens is 448 g/mol. The van der Waals surface area contributed by atoms with Crippen LogP contribution in [0.1, 0.15) is 31.1 Å². The molecule has 0 radical (unpaired) electrons. The molecule has 0 bridgehead atoms. The van der Waals surface area contributed by atoms with Crippen LogP contribution >= 0.6 is 15.9 Å². The Morgan fingerprint density at radius 1 is 1.00 bits per heavy atom. The lowest BCUT2D eigenvalue weighted by Crippen LogP contribution is -2.51. The molecule has 160 valence electrons. The van der Waals surface area contributed by atoms with Gasteiger partial charge in [0.2, 0.25) is 0 Å². The summed E-state index contributed by atoms with van der Waals surface area (Å²) in [6.45, 7) is 7.41. The molecule has 2 amide bonds. The first kappa shape index (κ1) is 22.0. The molecule has 0 aliphatic carbocycles. The van der Waals surface area contributed by atoms with E-state index in [1.165, 1.54) is 0 Å². The molecular formula is C22H27BrN4O3. The predicted octanol–water partition coefficient (Wildman–Crippen LogP) is 4.47. The smallest absolute Gasteiger partial charge is 0.410 e. The summed E-state index contributed by atoms with van der Waals surface area (Å²) in [7, 11) is 0. The molecule has 1 fully saturated rings. The van der Waals surface area contributed by atoms with E-state index in [1.807, 2.05) is 51.1 Å². The number of halogens is 1. The van der Waals surface area contributed by atoms with Gasteiger partial charge in [0.15, 0.2) is 0 Å². The Morgan fingerprint density at radius 3 is 2.17 bits per heavy atom. The molecule has 0 saturated carbocycles. The first-order valence-corrected chi connectivity index (χ1v) is 10.6. The van der Waals surface area contributed by atoms with Crippen molar-refractivity contribution in [2.24, 2.45) is 0 Å². The van der Waals surface area contributed by atoms with Crippen LogP contribution in [0.3, 0.4) is 0 Å². The van der Waals surface area contributed by atoms with Gasteiger partial charge in [-0.05, 0) is 63.2 Å². The Kier molecular flexibility index (Phi) is 6.55. The number of carbonyl (C=O) groups is 2. The van der Waals surface area contributed by atoms with Crippen LogP contribution in [-0.4, -0.2) is 53.6 Å². The molecule has 0 spiro atoms. The van der Waals surface area contributed by atoms with Gasteiger partial charge >= 0.3 is 6.09 Å². The normalized spacial score (nSPS) is 14.4. The van der Waals surface area contributed by atoms with E-state index in [4.69, 9.17) is 10.5 Å². The predicted molar refractivity (Wildman–Crippen MR) is 122 cm³/mol. The maximum atomic E-state index is 12.8. The van der Waals surface area contributed by atoms with E-state index >= 15 is 0 Å². The molecule has 8 heteroatoms. The van der Waals surface area contributed by atoms with Gasteiger partial charge in [-0.3, -0.25) is 4.79 Å². The van der Waals surface area contributed by atoms with Crippen LogP contribution in [0.15, 0.2) is 46.9 Å². The summed E-state index contributed by atoms with van der Waals surface area (Å²) < 4.78 is 6.31. The maximum absolute atomic E-state index is 12.8. The van der Waals surface area contributed by atoms with Crippen LogP contribution in [-0.2, 0) is 4.74 Å². The molecule has 1 saturated heterocycles. The van der Waals surface area contributed by atoms with E-state index in [1.54, 1.807) is 21.9 Å². The number of nitrogens with zero attached hydrogens (tertiary/aromatic N) is 2. The van der Waals surface area contributed by atoms with Gasteiger partial charge in [-0.1, -0.05) is 15.9 Å². The van der Waals surface area contributed by atoms with Gasteiger partial charge in [-0.15, -0.1) is 0 Å². The number of carbonyl (C=O) groups excluding carboxylic acids is 2. The molecule has 3 rings (SSSR count). The fourth-order valence-electron chi connectivity index (χ4n) is 3.10. The SMILES string of the molecule is CC(C)(C)OC(=O)N1CCN(C(=O)c2ccc(Nc3ccc(Br)cc3N)cc2)CC1.